The molecule has 1 saturated carbocycles. The normalized spacial score (nSPS) is 28.9. The summed E-state index contributed by atoms with van der Waals surface area (Å²) in [5, 5.41) is 0. The molecule has 0 heterocycles. The predicted molar refractivity (Wildman–Crippen MR) is 61.9 cm³/mol. The van der Waals surface area contributed by atoms with E-state index in [1.54, 1.807) is 7.11 Å². The largest absolute Gasteiger partial charge is 0.497 e. The van der Waals surface area contributed by atoms with Gasteiger partial charge in [0, 0.05) is 5.54 Å². The molecule has 0 radical (unpaired) electrons. The molecule has 1 aromatic rings. The van der Waals surface area contributed by atoms with Crippen LogP contribution in [0.25, 0.3) is 0 Å². The Balaban J connectivity index is 2.10. The van der Waals surface area contributed by atoms with Crippen molar-refractivity contribution in [3.8, 4) is 5.75 Å². The second kappa shape index (κ2) is 3.86. The van der Waals surface area contributed by atoms with Gasteiger partial charge in [-0.25, -0.2) is 0 Å². The number of nitrogens with two attached hydrogens (primary N) is 1. The minimum Gasteiger partial charge on any atom is -0.497 e. The topological polar surface area (TPSA) is 35.2 Å². The van der Waals surface area contributed by atoms with E-state index in [0.29, 0.717) is 5.92 Å². The fraction of sp³-hybridized carbons (Fsp3) is 0.538. The van der Waals surface area contributed by atoms with Crippen LogP contribution in [-0.2, 0) is 5.54 Å². The average Bonchev–Trinajstić information content (AvgIpc) is 2.92. The highest BCUT2D eigenvalue weighted by atomic mass is 16.5. The van der Waals surface area contributed by atoms with Crippen molar-refractivity contribution in [3.63, 3.8) is 0 Å². The quantitative estimate of drug-likeness (QED) is 0.820. The Labute approximate surface area is 91.4 Å². The molecule has 1 aliphatic rings. The van der Waals surface area contributed by atoms with Crippen LogP contribution in [0.5, 0.6) is 5.75 Å². The average molecular weight is 205 g/mol. The second-order valence-corrected chi connectivity index (χ2v) is 4.46. The van der Waals surface area contributed by atoms with E-state index in [0.717, 1.165) is 12.2 Å². The molecule has 0 aliphatic heterocycles. The molecule has 0 saturated heterocycles. The van der Waals surface area contributed by atoms with Gasteiger partial charge in [-0.3, -0.25) is 0 Å². The molecule has 1 fully saturated rings. The Morgan fingerprint density at radius 3 is 2.60 bits per heavy atom. The molecule has 2 atom stereocenters. The predicted octanol–water partition coefficient (Wildman–Crippen LogP) is 2.67. The number of ether oxygens (including phenoxy) is 1. The number of hydrogen-bond acceptors (Lipinski definition) is 2. The lowest BCUT2D eigenvalue weighted by Crippen LogP contribution is -2.22. The Kier molecular flexibility index (Phi) is 2.70. The van der Waals surface area contributed by atoms with E-state index >= 15 is 0 Å². The molecular formula is C13H19NO. The molecule has 2 N–H and O–H groups in total. The van der Waals surface area contributed by atoms with Gasteiger partial charge in [-0.15, -0.1) is 0 Å². The van der Waals surface area contributed by atoms with Gasteiger partial charge in [-0.2, -0.15) is 0 Å². The Morgan fingerprint density at radius 1 is 1.40 bits per heavy atom. The van der Waals surface area contributed by atoms with Crippen molar-refractivity contribution >= 4 is 0 Å². The lowest BCUT2D eigenvalue weighted by Gasteiger charge is -2.12. The third-order valence-corrected chi connectivity index (χ3v) is 3.42. The van der Waals surface area contributed by atoms with Crippen molar-refractivity contribution in [1.29, 1.82) is 0 Å². The summed E-state index contributed by atoms with van der Waals surface area (Å²) >= 11 is 0. The third kappa shape index (κ3) is 1.86. The highest BCUT2D eigenvalue weighted by molar-refractivity contribution is 5.36. The summed E-state index contributed by atoms with van der Waals surface area (Å²) in [7, 11) is 1.68. The summed E-state index contributed by atoms with van der Waals surface area (Å²) in [5.41, 5.74) is 7.55. The van der Waals surface area contributed by atoms with Crippen molar-refractivity contribution in [3.05, 3.63) is 29.8 Å². The fourth-order valence-electron chi connectivity index (χ4n) is 2.31. The van der Waals surface area contributed by atoms with Crippen LogP contribution in [0.15, 0.2) is 24.3 Å². The van der Waals surface area contributed by atoms with E-state index in [-0.39, 0.29) is 5.54 Å². The molecule has 2 heteroatoms. The maximum absolute atomic E-state index is 6.35. The van der Waals surface area contributed by atoms with Crippen molar-refractivity contribution in [2.75, 3.05) is 7.11 Å². The summed E-state index contributed by atoms with van der Waals surface area (Å²) in [5.74, 6) is 1.57. The molecule has 2 nitrogen and oxygen atoms in total. The van der Waals surface area contributed by atoms with Crippen molar-refractivity contribution in [2.24, 2.45) is 11.7 Å². The molecule has 1 aliphatic carbocycles. The second-order valence-electron chi connectivity index (χ2n) is 4.46. The minimum absolute atomic E-state index is 0.0533. The van der Waals surface area contributed by atoms with Gasteiger partial charge in [0.25, 0.3) is 0 Å². The van der Waals surface area contributed by atoms with Crippen molar-refractivity contribution in [1.82, 2.24) is 0 Å². The summed E-state index contributed by atoms with van der Waals surface area (Å²) in [6.07, 6.45) is 3.59. The van der Waals surface area contributed by atoms with E-state index in [2.05, 4.69) is 19.1 Å². The summed E-state index contributed by atoms with van der Waals surface area (Å²) in [4.78, 5) is 0. The Morgan fingerprint density at radius 2 is 2.07 bits per heavy atom. The van der Waals surface area contributed by atoms with Crippen LogP contribution in [0.1, 0.15) is 31.7 Å². The zero-order chi connectivity index (χ0) is 10.9. The van der Waals surface area contributed by atoms with Gasteiger partial charge in [-0.05, 0) is 36.5 Å². The first kappa shape index (κ1) is 10.5. The van der Waals surface area contributed by atoms with Crippen LogP contribution in [-0.4, -0.2) is 7.11 Å². The summed E-state index contributed by atoms with van der Waals surface area (Å²) < 4.78 is 5.14. The smallest absolute Gasteiger partial charge is 0.118 e. The molecular weight excluding hydrogens is 186 g/mol. The summed E-state index contributed by atoms with van der Waals surface area (Å²) in [6.45, 7) is 2.22. The molecule has 0 amide bonds. The molecule has 0 aromatic heterocycles. The molecule has 0 spiro atoms. The minimum atomic E-state index is -0.0533. The maximum atomic E-state index is 6.35. The molecule has 0 bridgehead atoms. The molecule has 82 valence electrons. The number of methoxy groups -OCH3 is 1. The summed E-state index contributed by atoms with van der Waals surface area (Å²) in [6, 6.07) is 8.17. The fourth-order valence-corrected chi connectivity index (χ4v) is 2.31. The first-order valence-corrected chi connectivity index (χ1v) is 5.64. The van der Waals surface area contributed by atoms with Crippen molar-refractivity contribution in [2.45, 2.75) is 31.7 Å². The third-order valence-electron chi connectivity index (χ3n) is 3.42. The number of benzene rings is 1. The van der Waals surface area contributed by atoms with Gasteiger partial charge >= 0.3 is 0 Å². The first-order chi connectivity index (χ1) is 7.20. The van der Waals surface area contributed by atoms with Gasteiger partial charge < -0.3 is 10.5 Å². The van der Waals surface area contributed by atoms with Crippen LogP contribution in [0, 0.1) is 5.92 Å². The SMILES string of the molecule is CCCC1CC1(N)c1ccc(OC)cc1. The number of rotatable bonds is 4. The Bertz CT molecular complexity index is 333. The van der Waals surface area contributed by atoms with E-state index in [9.17, 15) is 0 Å². The Hall–Kier alpha value is -1.02. The van der Waals surface area contributed by atoms with E-state index < -0.39 is 0 Å². The zero-order valence-corrected chi connectivity index (χ0v) is 9.49. The zero-order valence-electron chi connectivity index (χ0n) is 9.49. The highest BCUT2D eigenvalue weighted by Crippen LogP contribution is 2.52. The molecule has 1 aromatic carbocycles. The van der Waals surface area contributed by atoms with Crippen LogP contribution >= 0.6 is 0 Å². The number of hydrogen-bond donors (Lipinski definition) is 1. The van der Waals surface area contributed by atoms with Crippen LogP contribution in [0.4, 0.5) is 0 Å². The first-order valence-electron chi connectivity index (χ1n) is 5.64. The molecule has 2 unspecified atom stereocenters. The van der Waals surface area contributed by atoms with E-state index in [4.69, 9.17) is 10.5 Å². The monoisotopic (exact) mass is 205 g/mol. The lowest BCUT2D eigenvalue weighted by atomic mass is 10.0. The van der Waals surface area contributed by atoms with E-state index in [1.807, 2.05) is 12.1 Å². The molecule has 15 heavy (non-hydrogen) atoms. The van der Waals surface area contributed by atoms with Gasteiger partial charge in [0.2, 0.25) is 0 Å². The van der Waals surface area contributed by atoms with Crippen LogP contribution < -0.4 is 10.5 Å². The van der Waals surface area contributed by atoms with Crippen molar-refractivity contribution < 1.29 is 4.74 Å². The van der Waals surface area contributed by atoms with Gasteiger partial charge in [0.15, 0.2) is 0 Å². The molecule has 2 rings (SSSR count). The van der Waals surface area contributed by atoms with Crippen LogP contribution in [0.2, 0.25) is 0 Å². The lowest BCUT2D eigenvalue weighted by molar-refractivity contribution is 0.414. The van der Waals surface area contributed by atoms with Crippen LogP contribution in [0.3, 0.4) is 0 Å². The maximum Gasteiger partial charge on any atom is 0.118 e. The standard InChI is InChI=1S/C13H19NO/c1-3-4-11-9-13(11,14)10-5-7-12(15-2)8-6-10/h5-8,11H,3-4,9,14H2,1-2H3. The highest BCUT2D eigenvalue weighted by Gasteiger charge is 2.51. The van der Waals surface area contributed by atoms with Gasteiger partial charge in [-0.1, -0.05) is 25.5 Å². The van der Waals surface area contributed by atoms with E-state index in [1.165, 1.54) is 18.4 Å². The van der Waals surface area contributed by atoms with Gasteiger partial charge in [0.1, 0.15) is 5.75 Å². The van der Waals surface area contributed by atoms with Gasteiger partial charge in [0.05, 0.1) is 7.11 Å².